The van der Waals surface area contributed by atoms with E-state index >= 15 is 0 Å². The Balaban J connectivity index is 2.33. The van der Waals surface area contributed by atoms with Crippen molar-refractivity contribution in [1.82, 2.24) is 15.4 Å². The van der Waals surface area contributed by atoms with Gasteiger partial charge in [0.25, 0.3) is 0 Å². The summed E-state index contributed by atoms with van der Waals surface area (Å²) in [6.45, 7) is 5.05. The fourth-order valence-electron chi connectivity index (χ4n) is 2.06. The molecule has 0 aliphatic heterocycles. The van der Waals surface area contributed by atoms with Crippen LogP contribution in [0.5, 0.6) is 5.75 Å². The Morgan fingerprint density at radius 2 is 2.04 bits per heavy atom. The molecule has 0 amide bonds. The molecule has 0 heterocycles. The Bertz CT molecular complexity index is 668. The van der Waals surface area contributed by atoms with Crippen molar-refractivity contribution in [1.29, 1.82) is 0 Å². The lowest BCUT2D eigenvalue weighted by Gasteiger charge is -2.20. The molecule has 0 saturated carbocycles. The zero-order valence-electron chi connectivity index (χ0n) is 15.6. The van der Waals surface area contributed by atoms with Gasteiger partial charge in [-0.25, -0.2) is 17.5 Å². The molecular formula is C17H29FN4O3S. The van der Waals surface area contributed by atoms with Crippen molar-refractivity contribution in [3.63, 3.8) is 0 Å². The van der Waals surface area contributed by atoms with Crippen molar-refractivity contribution >= 4 is 16.0 Å². The summed E-state index contributed by atoms with van der Waals surface area (Å²) in [6.07, 6.45) is 1.25. The Morgan fingerprint density at radius 1 is 1.27 bits per heavy atom. The second-order valence-corrected chi connectivity index (χ2v) is 7.73. The van der Waals surface area contributed by atoms with Gasteiger partial charge in [-0.15, -0.1) is 0 Å². The normalized spacial score (nSPS) is 13.3. The zero-order valence-corrected chi connectivity index (χ0v) is 16.4. The SMILES string of the molecule is CCC(CNC(=NC)NCCCNS(=O)(=O)CC)Oc1cccc(F)c1. The van der Waals surface area contributed by atoms with E-state index in [-0.39, 0.29) is 17.7 Å². The highest BCUT2D eigenvalue weighted by Gasteiger charge is 2.10. The molecule has 148 valence electrons. The van der Waals surface area contributed by atoms with Crippen LogP contribution in [0.25, 0.3) is 0 Å². The van der Waals surface area contributed by atoms with E-state index in [0.29, 0.717) is 37.8 Å². The van der Waals surface area contributed by atoms with Crippen molar-refractivity contribution in [3.05, 3.63) is 30.1 Å². The summed E-state index contributed by atoms with van der Waals surface area (Å²) >= 11 is 0. The van der Waals surface area contributed by atoms with Crippen molar-refractivity contribution in [2.45, 2.75) is 32.8 Å². The van der Waals surface area contributed by atoms with Crippen LogP contribution >= 0.6 is 0 Å². The summed E-state index contributed by atoms with van der Waals surface area (Å²) in [6, 6.07) is 6.06. The lowest BCUT2D eigenvalue weighted by molar-refractivity contribution is 0.199. The summed E-state index contributed by atoms with van der Waals surface area (Å²) in [5.41, 5.74) is 0. The molecule has 0 aliphatic carbocycles. The predicted octanol–water partition coefficient (Wildman–Crippen LogP) is 1.48. The monoisotopic (exact) mass is 388 g/mol. The molecule has 1 aromatic rings. The Hall–Kier alpha value is -1.87. The van der Waals surface area contributed by atoms with Gasteiger partial charge < -0.3 is 15.4 Å². The molecule has 0 radical (unpaired) electrons. The Labute approximate surface area is 155 Å². The summed E-state index contributed by atoms with van der Waals surface area (Å²) < 4.78 is 44.2. The number of hydrogen-bond donors (Lipinski definition) is 3. The van der Waals surface area contributed by atoms with Crippen molar-refractivity contribution in [2.24, 2.45) is 4.99 Å². The van der Waals surface area contributed by atoms with Gasteiger partial charge in [-0.2, -0.15) is 0 Å². The molecule has 1 rings (SSSR count). The Kier molecular flexibility index (Phi) is 9.97. The second kappa shape index (κ2) is 11.7. The van der Waals surface area contributed by atoms with Crippen LogP contribution in [-0.2, 0) is 10.0 Å². The van der Waals surface area contributed by atoms with Crippen LogP contribution in [-0.4, -0.2) is 52.9 Å². The molecule has 0 spiro atoms. The maximum atomic E-state index is 13.2. The van der Waals surface area contributed by atoms with Gasteiger partial charge in [0.05, 0.1) is 12.3 Å². The second-order valence-electron chi connectivity index (χ2n) is 5.64. The van der Waals surface area contributed by atoms with Gasteiger partial charge in [-0.3, -0.25) is 4.99 Å². The van der Waals surface area contributed by atoms with Crippen LogP contribution in [0.3, 0.4) is 0 Å². The zero-order chi connectivity index (χ0) is 19.4. The average Bonchev–Trinajstić information content (AvgIpc) is 2.62. The molecule has 7 nitrogen and oxygen atoms in total. The van der Waals surface area contributed by atoms with Crippen molar-refractivity contribution in [2.75, 3.05) is 32.4 Å². The first-order valence-corrected chi connectivity index (χ1v) is 10.4. The van der Waals surface area contributed by atoms with Gasteiger partial charge in [0.2, 0.25) is 10.0 Å². The van der Waals surface area contributed by atoms with Crippen LogP contribution in [0, 0.1) is 5.82 Å². The number of ether oxygens (including phenoxy) is 1. The third-order valence-electron chi connectivity index (χ3n) is 3.62. The third-order valence-corrected chi connectivity index (χ3v) is 5.03. The molecule has 9 heteroatoms. The van der Waals surface area contributed by atoms with Crippen molar-refractivity contribution < 1.29 is 17.5 Å². The van der Waals surface area contributed by atoms with E-state index in [9.17, 15) is 12.8 Å². The Morgan fingerprint density at radius 3 is 2.65 bits per heavy atom. The molecular weight excluding hydrogens is 359 g/mol. The van der Waals surface area contributed by atoms with Crippen LogP contribution in [0.4, 0.5) is 4.39 Å². The molecule has 26 heavy (non-hydrogen) atoms. The number of sulfonamides is 1. The van der Waals surface area contributed by atoms with Crippen LogP contribution in [0.1, 0.15) is 26.7 Å². The minimum absolute atomic E-state index is 0.0768. The minimum Gasteiger partial charge on any atom is -0.489 e. The molecule has 0 saturated heterocycles. The van der Waals surface area contributed by atoms with Gasteiger partial charge >= 0.3 is 0 Å². The predicted molar refractivity (Wildman–Crippen MR) is 103 cm³/mol. The van der Waals surface area contributed by atoms with Crippen LogP contribution in [0.15, 0.2) is 29.3 Å². The highest BCUT2D eigenvalue weighted by molar-refractivity contribution is 7.89. The smallest absolute Gasteiger partial charge is 0.211 e. The fraction of sp³-hybridized carbons (Fsp3) is 0.588. The fourth-order valence-corrected chi connectivity index (χ4v) is 2.72. The molecule has 0 aliphatic rings. The molecule has 1 aromatic carbocycles. The maximum absolute atomic E-state index is 13.2. The van der Waals surface area contributed by atoms with Gasteiger partial charge in [0, 0.05) is 26.2 Å². The molecule has 3 N–H and O–H groups in total. The lowest BCUT2D eigenvalue weighted by atomic mass is 10.2. The molecule has 1 atom stereocenters. The van der Waals surface area contributed by atoms with Crippen molar-refractivity contribution in [3.8, 4) is 5.75 Å². The highest BCUT2D eigenvalue weighted by Crippen LogP contribution is 2.14. The topological polar surface area (TPSA) is 91.8 Å². The summed E-state index contributed by atoms with van der Waals surface area (Å²) in [7, 11) is -1.49. The molecule has 0 aromatic heterocycles. The number of halogens is 1. The van der Waals surface area contributed by atoms with E-state index in [1.807, 2.05) is 6.92 Å². The van der Waals surface area contributed by atoms with E-state index in [2.05, 4.69) is 20.3 Å². The highest BCUT2D eigenvalue weighted by atomic mass is 32.2. The number of nitrogens with zero attached hydrogens (tertiary/aromatic N) is 1. The van der Waals surface area contributed by atoms with E-state index < -0.39 is 10.0 Å². The number of hydrogen-bond acceptors (Lipinski definition) is 4. The number of aliphatic imine (C=N–C) groups is 1. The summed E-state index contributed by atoms with van der Waals surface area (Å²) in [5.74, 6) is 0.837. The van der Waals surface area contributed by atoms with E-state index in [4.69, 9.17) is 4.74 Å². The summed E-state index contributed by atoms with van der Waals surface area (Å²) in [4.78, 5) is 4.12. The standard InChI is InChI=1S/C17H29FN4O3S/c1-4-15(25-16-9-6-8-14(18)12-16)13-21-17(19-3)20-10-7-11-22-26(23,24)5-2/h6,8-9,12,15,22H,4-5,7,10-11,13H2,1-3H3,(H2,19,20,21). The van der Waals surface area contributed by atoms with Gasteiger partial charge in [0.1, 0.15) is 17.7 Å². The quantitative estimate of drug-likeness (QED) is 0.303. The molecule has 0 fully saturated rings. The van der Waals surface area contributed by atoms with Crippen LogP contribution < -0.4 is 20.1 Å². The average molecular weight is 389 g/mol. The van der Waals surface area contributed by atoms with Gasteiger partial charge in [-0.05, 0) is 31.9 Å². The largest absolute Gasteiger partial charge is 0.489 e. The summed E-state index contributed by atoms with van der Waals surface area (Å²) in [5, 5.41) is 6.27. The first kappa shape index (κ1) is 22.2. The van der Waals surface area contributed by atoms with Crippen LogP contribution in [0.2, 0.25) is 0 Å². The third kappa shape index (κ3) is 9.00. The first-order valence-electron chi connectivity index (χ1n) is 8.74. The number of benzene rings is 1. The molecule has 0 bridgehead atoms. The van der Waals surface area contributed by atoms with E-state index in [1.54, 1.807) is 26.1 Å². The number of guanidine groups is 1. The first-order chi connectivity index (χ1) is 12.4. The van der Waals surface area contributed by atoms with E-state index in [1.165, 1.54) is 12.1 Å². The number of rotatable bonds is 11. The molecule has 1 unspecified atom stereocenters. The lowest BCUT2D eigenvalue weighted by Crippen LogP contribution is -2.43. The minimum atomic E-state index is -3.15. The van der Waals surface area contributed by atoms with Gasteiger partial charge in [-0.1, -0.05) is 13.0 Å². The number of nitrogens with one attached hydrogen (secondary N) is 3. The maximum Gasteiger partial charge on any atom is 0.211 e. The van der Waals surface area contributed by atoms with Gasteiger partial charge in [0.15, 0.2) is 5.96 Å². The van der Waals surface area contributed by atoms with E-state index in [0.717, 1.165) is 6.42 Å².